The number of methoxy groups -OCH3 is 1. The van der Waals surface area contributed by atoms with Crippen LogP contribution >= 0.6 is 11.8 Å². The Kier molecular flexibility index (Phi) is 5.45. The number of benzene rings is 2. The van der Waals surface area contributed by atoms with E-state index in [1.807, 2.05) is 62.6 Å². The summed E-state index contributed by atoms with van der Waals surface area (Å²) in [5.74, 6) is 0.853. The van der Waals surface area contributed by atoms with Crippen LogP contribution in [0.1, 0.15) is 27.0 Å². The Labute approximate surface area is 136 Å². The summed E-state index contributed by atoms with van der Waals surface area (Å²) in [6.07, 6.45) is 3.70. The molecule has 0 amide bonds. The van der Waals surface area contributed by atoms with Crippen molar-refractivity contribution in [3.05, 3.63) is 70.8 Å². The van der Waals surface area contributed by atoms with Crippen LogP contribution in [0.15, 0.2) is 48.5 Å². The highest BCUT2D eigenvalue weighted by atomic mass is 32.2. The Hall–Kier alpha value is -2.00. The Bertz CT molecular complexity index is 700. The molecular weight excluding hydrogens is 292 g/mol. The predicted molar refractivity (Wildman–Crippen MR) is 94.7 cm³/mol. The van der Waals surface area contributed by atoms with Crippen LogP contribution in [0.4, 0.5) is 0 Å². The number of hydrogen-bond donors (Lipinski definition) is 0. The number of ether oxygens (including phenoxy) is 1. The Morgan fingerprint density at radius 2 is 1.77 bits per heavy atom. The second-order valence-corrected chi connectivity index (χ2v) is 5.97. The van der Waals surface area contributed by atoms with E-state index in [9.17, 15) is 4.79 Å². The summed E-state index contributed by atoms with van der Waals surface area (Å²) in [5, 5.41) is 0. The lowest BCUT2D eigenvalue weighted by Crippen LogP contribution is -1.99. The molecule has 0 aliphatic carbocycles. The zero-order valence-electron chi connectivity index (χ0n) is 13.3. The number of thioether (sulfide) groups is 1. The maximum absolute atomic E-state index is 12.6. The standard InChI is InChI=1S/C19H20O2S/c1-13-5-6-14(2)17(11-13)18(20)12-19(22-4)15-7-9-16(21-3)10-8-15/h5-12H,1-4H3/b19-12-. The zero-order valence-corrected chi connectivity index (χ0v) is 14.2. The first-order valence-corrected chi connectivity index (χ1v) is 8.29. The van der Waals surface area contributed by atoms with Crippen molar-refractivity contribution in [2.75, 3.05) is 13.4 Å². The van der Waals surface area contributed by atoms with Crippen LogP contribution in [0.2, 0.25) is 0 Å². The molecule has 0 aliphatic heterocycles. The van der Waals surface area contributed by atoms with Gasteiger partial charge in [-0.15, -0.1) is 11.8 Å². The molecule has 0 saturated heterocycles. The van der Waals surface area contributed by atoms with Gasteiger partial charge in [-0.25, -0.2) is 0 Å². The van der Waals surface area contributed by atoms with E-state index in [0.717, 1.165) is 32.9 Å². The van der Waals surface area contributed by atoms with Crippen LogP contribution in [0.5, 0.6) is 5.75 Å². The molecule has 0 saturated carbocycles. The summed E-state index contributed by atoms with van der Waals surface area (Å²) >= 11 is 1.57. The van der Waals surface area contributed by atoms with Gasteiger partial charge in [-0.3, -0.25) is 4.79 Å². The van der Waals surface area contributed by atoms with Gasteiger partial charge in [0, 0.05) is 16.5 Å². The number of aryl methyl sites for hydroxylation is 2. The largest absolute Gasteiger partial charge is 0.497 e. The van der Waals surface area contributed by atoms with Crippen LogP contribution in [-0.2, 0) is 0 Å². The van der Waals surface area contributed by atoms with Gasteiger partial charge in [0.2, 0.25) is 0 Å². The minimum atomic E-state index is 0.0429. The lowest BCUT2D eigenvalue weighted by Gasteiger charge is -2.08. The average molecular weight is 312 g/mol. The van der Waals surface area contributed by atoms with E-state index in [2.05, 4.69) is 0 Å². The van der Waals surface area contributed by atoms with E-state index >= 15 is 0 Å². The minimum Gasteiger partial charge on any atom is -0.497 e. The summed E-state index contributed by atoms with van der Waals surface area (Å²) in [6, 6.07) is 13.7. The smallest absolute Gasteiger partial charge is 0.187 e. The van der Waals surface area contributed by atoms with Crippen molar-refractivity contribution in [2.45, 2.75) is 13.8 Å². The molecule has 2 nitrogen and oxygen atoms in total. The summed E-state index contributed by atoms with van der Waals surface area (Å²) in [7, 11) is 1.64. The molecule has 0 bridgehead atoms. The second-order valence-electron chi connectivity index (χ2n) is 5.12. The molecule has 114 valence electrons. The molecule has 3 heteroatoms. The lowest BCUT2D eigenvalue weighted by molar-refractivity contribution is 0.104. The number of carbonyl (C=O) groups excluding carboxylic acids is 1. The molecule has 22 heavy (non-hydrogen) atoms. The van der Waals surface area contributed by atoms with Crippen molar-refractivity contribution in [1.29, 1.82) is 0 Å². The fraction of sp³-hybridized carbons (Fsp3) is 0.211. The molecule has 2 rings (SSSR count). The topological polar surface area (TPSA) is 26.3 Å². The number of allylic oxidation sites excluding steroid dienone is 1. The van der Waals surface area contributed by atoms with Gasteiger partial charge in [-0.05, 0) is 49.4 Å². The number of ketones is 1. The third-order valence-electron chi connectivity index (χ3n) is 3.52. The molecule has 2 aromatic rings. The van der Waals surface area contributed by atoms with Gasteiger partial charge in [0.15, 0.2) is 5.78 Å². The normalized spacial score (nSPS) is 11.4. The summed E-state index contributed by atoms with van der Waals surface area (Å²) in [5.41, 5.74) is 3.88. The van der Waals surface area contributed by atoms with Crippen LogP contribution in [0.25, 0.3) is 4.91 Å². The van der Waals surface area contributed by atoms with Gasteiger partial charge in [0.25, 0.3) is 0 Å². The van der Waals surface area contributed by atoms with Crippen LogP contribution < -0.4 is 4.74 Å². The van der Waals surface area contributed by atoms with Gasteiger partial charge in [0.05, 0.1) is 7.11 Å². The van der Waals surface area contributed by atoms with E-state index in [0.29, 0.717) is 0 Å². The molecule has 0 radical (unpaired) electrons. The molecule has 0 aliphatic rings. The first-order valence-electron chi connectivity index (χ1n) is 7.07. The molecule has 0 heterocycles. The van der Waals surface area contributed by atoms with Crippen molar-refractivity contribution in [1.82, 2.24) is 0 Å². The van der Waals surface area contributed by atoms with Gasteiger partial charge >= 0.3 is 0 Å². The SMILES string of the molecule is COc1ccc(/C(=C/C(=O)c2cc(C)ccc2C)SC)cc1. The Balaban J connectivity index is 2.34. The quantitative estimate of drug-likeness (QED) is 0.580. The van der Waals surface area contributed by atoms with Crippen LogP contribution in [-0.4, -0.2) is 19.1 Å². The van der Waals surface area contributed by atoms with E-state index in [-0.39, 0.29) is 5.78 Å². The van der Waals surface area contributed by atoms with Crippen molar-refractivity contribution >= 4 is 22.5 Å². The zero-order chi connectivity index (χ0) is 16.1. The monoisotopic (exact) mass is 312 g/mol. The van der Waals surface area contributed by atoms with Crippen LogP contribution in [0, 0.1) is 13.8 Å². The highest BCUT2D eigenvalue weighted by molar-refractivity contribution is 8.07. The van der Waals surface area contributed by atoms with Crippen molar-refractivity contribution < 1.29 is 9.53 Å². The van der Waals surface area contributed by atoms with Crippen molar-refractivity contribution in [2.24, 2.45) is 0 Å². The van der Waals surface area contributed by atoms with Gasteiger partial charge in [0.1, 0.15) is 5.75 Å². The van der Waals surface area contributed by atoms with E-state index in [1.54, 1.807) is 24.9 Å². The maximum atomic E-state index is 12.6. The molecule has 0 N–H and O–H groups in total. The highest BCUT2D eigenvalue weighted by Gasteiger charge is 2.09. The Morgan fingerprint density at radius 1 is 1.09 bits per heavy atom. The fourth-order valence-electron chi connectivity index (χ4n) is 2.21. The lowest BCUT2D eigenvalue weighted by atomic mass is 10.0. The third kappa shape index (κ3) is 3.80. The van der Waals surface area contributed by atoms with E-state index in [1.165, 1.54) is 0 Å². The first kappa shape index (κ1) is 16.4. The number of rotatable bonds is 5. The molecular formula is C19H20O2S. The molecule has 0 unspecified atom stereocenters. The molecule has 0 fully saturated rings. The Morgan fingerprint density at radius 3 is 2.36 bits per heavy atom. The summed E-state index contributed by atoms with van der Waals surface area (Å²) < 4.78 is 5.17. The van der Waals surface area contributed by atoms with Gasteiger partial charge < -0.3 is 4.74 Å². The third-order valence-corrected chi connectivity index (χ3v) is 4.31. The average Bonchev–Trinajstić information content (AvgIpc) is 2.54. The second kappa shape index (κ2) is 7.32. The molecule has 0 atom stereocenters. The van der Waals surface area contributed by atoms with Gasteiger partial charge in [-0.2, -0.15) is 0 Å². The van der Waals surface area contributed by atoms with Crippen molar-refractivity contribution in [3.8, 4) is 5.75 Å². The number of carbonyl (C=O) groups is 1. The maximum Gasteiger partial charge on any atom is 0.187 e. The molecule has 2 aromatic carbocycles. The fourth-order valence-corrected chi connectivity index (χ4v) is 2.81. The van der Waals surface area contributed by atoms with E-state index < -0.39 is 0 Å². The van der Waals surface area contributed by atoms with Crippen molar-refractivity contribution in [3.63, 3.8) is 0 Å². The van der Waals surface area contributed by atoms with Crippen LogP contribution in [0.3, 0.4) is 0 Å². The molecule has 0 spiro atoms. The predicted octanol–water partition coefficient (Wildman–Crippen LogP) is 4.90. The minimum absolute atomic E-state index is 0.0429. The first-order chi connectivity index (χ1) is 10.5. The summed E-state index contributed by atoms with van der Waals surface area (Å²) in [6.45, 7) is 3.96. The highest BCUT2D eigenvalue weighted by Crippen LogP contribution is 2.27. The number of hydrogen-bond acceptors (Lipinski definition) is 3. The summed E-state index contributed by atoms with van der Waals surface area (Å²) in [4.78, 5) is 13.5. The van der Waals surface area contributed by atoms with E-state index in [4.69, 9.17) is 4.74 Å². The molecule has 0 aromatic heterocycles. The van der Waals surface area contributed by atoms with Gasteiger partial charge in [-0.1, -0.05) is 29.8 Å².